The lowest BCUT2D eigenvalue weighted by Crippen LogP contribution is -2.18. The first kappa shape index (κ1) is 13.4. The number of para-hydroxylation sites is 2. The number of imidazole rings is 1. The summed E-state index contributed by atoms with van der Waals surface area (Å²) in [7, 11) is 0. The van der Waals surface area contributed by atoms with E-state index in [9.17, 15) is 4.79 Å². The number of fused-ring (bicyclic) bond motifs is 1. The van der Waals surface area contributed by atoms with E-state index >= 15 is 0 Å². The van der Waals surface area contributed by atoms with E-state index in [1.54, 1.807) is 6.33 Å². The van der Waals surface area contributed by atoms with E-state index in [1.807, 2.05) is 34.9 Å². The molecule has 0 radical (unpaired) electrons. The Labute approximate surface area is 122 Å². The highest BCUT2D eigenvalue weighted by atomic mass is 16.2. The molecule has 0 saturated carbocycles. The van der Waals surface area contributed by atoms with Gasteiger partial charge in [0.2, 0.25) is 5.91 Å². The molecule has 0 saturated heterocycles. The van der Waals surface area contributed by atoms with Crippen molar-refractivity contribution >= 4 is 22.8 Å². The van der Waals surface area contributed by atoms with Crippen molar-refractivity contribution in [3.63, 3.8) is 0 Å². The molecule has 0 aliphatic carbocycles. The molecule has 3 rings (SSSR count). The molecular formula is C15H17N5O. The second kappa shape index (κ2) is 5.78. The molecule has 6 nitrogen and oxygen atoms in total. The van der Waals surface area contributed by atoms with Crippen molar-refractivity contribution in [2.24, 2.45) is 0 Å². The standard InChI is InChI=1S/C15H17N5O/c1-2-5-11-8-14(19-18-11)17-15(21)9-20-10-16-12-6-3-4-7-13(12)20/h3-4,6-8,10H,2,5,9H2,1H3,(H2,17,18,19,21). The highest BCUT2D eigenvalue weighted by Gasteiger charge is 2.09. The van der Waals surface area contributed by atoms with Gasteiger partial charge in [-0.2, -0.15) is 5.10 Å². The van der Waals surface area contributed by atoms with Gasteiger partial charge in [0.25, 0.3) is 0 Å². The predicted molar refractivity (Wildman–Crippen MR) is 80.9 cm³/mol. The topological polar surface area (TPSA) is 75.6 Å². The number of hydrogen-bond acceptors (Lipinski definition) is 3. The first-order valence-corrected chi connectivity index (χ1v) is 7.00. The summed E-state index contributed by atoms with van der Waals surface area (Å²) in [4.78, 5) is 16.3. The fraction of sp³-hybridized carbons (Fsp3) is 0.267. The molecule has 6 heteroatoms. The van der Waals surface area contributed by atoms with Crippen molar-refractivity contribution in [1.29, 1.82) is 0 Å². The van der Waals surface area contributed by atoms with E-state index < -0.39 is 0 Å². The zero-order valence-electron chi connectivity index (χ0n) is 11.8. The molecule has 0 aliphatic rings. The molecule has 2 heterocycles. The molecule has 108 valence electrons. The molecule has 0 spiro atoms. The number of rotatable bonds is 5. The van der Waals surface area contributed by atoms with Gasteiger partial charge in [-0.3, -0.25) is 9.89 Å². The third-order valence-electron chi connectivity index (χ3n) is 3.26. The minimum absolute atomic E-state index is 0.118. The van der Waals surface area contributed by atoms with E-state index in [0.29, 0.717) is 5.82 Å². The lowest BCUT2D eigenvalue weighted by molar-refractivity contribution is -0.116. The third-order valence-corrected chi connectivity index (χ3v) is 3.26. The Morgan fingerprint density at radius 2 is 2.24 bits per heavy atom. The summed E-state index contributed by atoms with van der Waals surface area (Å²) in [5.74, 6) is 0.445. The predicted octanol–water partition coefficient (Wildman–Crippen LogP) is 2.35. The maximum atomic E-state index is 12.1. The van der Waals surface area contributed by atoms with Crippen LogP contribution in [-0.4, -0.2) is 25.7 Å². The molecule has 0 aliphatic heterocycles. The first-order chi connectivity index (χ1) is 10.3. The lowest BCUT2D eigenvalue weighted by Gasteiger charge is -2.04. The fourth-order valence-electron chi connectivity index (χ4n) is 2.30. The molecule has 0 bridgehead atoms. The van der Waals surface area contributed by atoms with E-state index in [-0.39, 0.29) is 12.5 Å². The van der Waals surface area contributed by atoms with Crippen LogP contribution in [0.15, 0.2) is 36.7 Å². The number of aromatic nitrogens is 4. The van der Waals surface area contributed by atoms with Crippen LogP contribution in [0.5, 0.6) is 0 Å². The van der Waals surface area contributed by atoms with Crippen LogP contribution in [0.3, 0.4) is 0 Å². The van der Waals surface area contributed by atoms with Gasteiger partial charge >= 0.3 is 0 Å². The summed E-state index contributed by atoms with van der Waals surface area (Å²) in [5, 5.41) is 9.80. The Hall–Kier alpha value is -2.63. The Morgan fingerprint density at radius 3 is 3.10 bits per heavy atom. The Kier molecular flexibility index (Phi) is 3.68. The molecule has 0 atom stereocenters. The Bertz CT molecular complexity index is 758. The van der Waals surface area contributed by atoms with Crippen LogP contribution in [0.2, 0.25) is 0 Å². The van der Waals surface area contributed by atoms with E-state index in [1.165, 1.54) is 0 Å². The highest BCUT2D eigenvalue weighted by Crippen LogP contribution is 2.12. The van der Waals surface area contributed by atoms with Gasteiger partial charge in [0, 0.05) is 11.8 Å². The van der Waals surface area contributed by atoms with Crippen molar-refractivity contribution in [2.75, 3.05) is 5.32 Å². The van der Waals surface area contributed by atoms with Gasteiger partial charge in [-0.1, -0.05) is 25.5 Å². The van der Waals surface area contributed by atoms with Gasteiger partial charge in [-0.15, -0.1) is 0 Å². The SMILES string of the molecule is CCCc1cc(NC(=O)Cn2cnc3ccccc32)n[nH]1. The number of nitrogens with one attached hydrogen (secondary N) is 2. The van der Waals surface area contributed by atoms with Gasteiger partial charge in [-0.05, 0) is 18.6 Å². The van der Waals surface area contributed by atoms with Crippen molar-refractivity contribution in [1.82, 2.24) is 19.7 Å². The lowest BCUT2D eigenvalue weighted by atomic mass is 10.2. The number of amides is 1. The monoisotopic (exact) mass is 283 g/mol. The normalized spacial score (nSPS) is 10.9. The van der Waals surface area contributed by atoms with Crippen LogP contribution >= 0.6 is 0 Å². The maximum absolute atomic E-state index is 12.1. The second-order valence-electron chi connectivity index (χ2n) is 4.94. The maximum Gasteiger partial charge on any atom is 0.245 e. The Balaban J connectivity index is 1.68. The third kappa shape index (κ3) is 2.94. The summed E-state index contributed by atoms with van der Waals surface area (Å²) in [6, 6.07) is 9.60. The number of aromatic amines is 1. The van der Waals surface area contributed by atoms with E-state index in [2.05, 4.69) is 27.4 Å². The first-order valence-electron chi connectivity index (χ1n) is 7.00. The quantitative estimate of drug-likeness (QED) is 0.754. The van der Waals surface area contributed by atoms with Gasteiger partial charge < -0.3 is 9.88 Å². The molecule has 0 unspecified atom stereocenters. The summed E-state index contributed by atoms with van der Waals surface area (Å²) in [5.41, 5.74) is 2.86. The minimum Gasteiger partial charge on any atom is -0.321 e. The average Bonchev–Trinajstić information content (AvgIpc) is 3.07. The molecule has 1 aromatic carbocycles. The van der Waals surface area contributed by atoms with Crippen molar-refractivity contribution in [2.45, 2.75) is 26.3 Å². The summed E-state index contributed by atoms with van der Waals surface area (Å²) < 4.78 is 1.82. The number of carbonyl (C=O) groups excluding carboxylic acids is 1. The summed E-state index contributed by atoms with van der Waals surface area (Å²) in [6.07, 6.45) is 3.64. The molecular weight excluding hydrogens is 266 g/mol. The van der Waals surface area contributed by atoms with E-state index in [0.717, 1.165) is 29.6 Å². The van der Waals surface area contributed by atoms with Crippen LogP contribution in [0, 0.1) is 0 Å². The van der Waals surface area contributed by atoms with Crippen LogP contribution in [0.4, 0.5) is 5.82 Å². The van der Waals surface area contributed by atoms with Crippen molar-refractivity contribution < 1.29 is 4.79 Å². The molecule has 0 fully saturated rings. The number of H-pyrrole nitrogens is 1. The fourth-order valence-corrected chi connectivity index (χ4v) is 2.30. The number of carbonyl (C=O) groups is 1. The van der Waals surface area contributed by atoms with Gasteiger partial charge in [0.1, 0.15) is 6.54 Å². The minimum atomic E-state index is -0.118. The van der Waals surface area contributed by atoms with Crippen molar-refractivity contribution in [3.8, 4) is 0 Å². The molecule has 3 aromatic rings. The smallest absolute Gasteiger partial charge is 0.245 e. The molecule has 2 aromatic heterocycles. The number of nitrogens with zero attached hydrogens (tertiary/aromatic N) is 3. The van der Waals surface area contributed by atoms with Gasteiger partial charge in [0.15, 0.2) is 5.82 Å². The highest BCUT2D eigenvalue weighted by molar-refractivity contribution is 5.90. The summed E-state index contributed by atoms with van der Waals surface area (Å²) in [6.45, 7) is 2.32. The van der Waals surface area contributed by atoms with Gasteiger partial charge in [0.05, 0.1) is 17.4 Å². The van der Waals surface area contributed by atoms with Crippen molar-refractivity contribution in [3.05, 3.63) is 42.4 Å². The van der Waals surface area contributed by atoms with Crippen LogP contribution in [-0.2, 0) is 17.8 Å². The number of hydrogen-bond donors (Lipinski definition) is 2. The number of benzene rings is 1. The molecule has 1 amide bonds. The molecule has 21 heavy (non-hydrogen) atoms. The second-order valence-corrected chi connectivity index (χ2v) is 4.94. The largest absolute Gasteiger partial charge is 0.321 e. The van der Waals surface area contributed by atoms with Crippen LogP contribution < -0.4 is 5.32 Å². The number of aryl methyl sites for hydroxylation is 1. The van der Waals surface area contributed by atoms with E-state index in [4.69, 9.17) is 0 Å². The average molecular weight is 283 g/mol. The summed E-state index contributed by atoms with van der Waals surface area (Å²) >= 11 is 0. The molecule has 2 N–H and O–H groups in total. The zero-order valence-corrected chi connectivity index (χ0v) is 11.8. The van der Waals surface area contributed by atoms with Crippen LogP contribution in [0.25, 0.3) is 11.0 Å². The number of anilines is 1. The Morgan fingerprint density at radius 1 is 1.38 bits per heavy atom. The van der Waals surface area contributed by atoms with Gasteiger partial charge in [-0.25, -0.2) is 4.98 Å². The zero-order chi connectivity index (χ0) is 14.7. The van der Waals surface area contributed by atoms with Crippen LogP contribution in [0.1, 0.15) is 19.0 Å².